The highest BCUT2D eigenvalue weighted by atomic mass is 19.1. The molecule has 4 rings (SSSR count). The van der Waals surface area contributed by atoms with Crippen LogP contribution < -0.4 is 0 Å². The SMILES string of the molecule is Fc1ccccc1Cn1nc(-n2cccn2)nc1-c1ccccn1. The number of hydrogen-bond acceptors (Lipinski definition) is 4. The molecule has 3 heterocycles. The average molecular weight is 320 g/mol. The Morgan fingerprint density at radius 3 is 2.58 bits per heavy atom. The zero-order valence-electron chi connectivity index (χ0n) is 12.6. The Labute approximate surface area is 137 Å². The fourth-order valence-corrected chi connectivity index (χ4v) is 2.40. The summed E-state index contributed by atoms with van der Waals surface area (Å²) < 4.78 is 17.2. The van der Waals surface area contributed by atoms with Crippen LogP contribution in [0.5, 0.6) is 0 Å². The number of rotatable bonds is 4. The molecule has 0 bridgehead atoms. The van der Waals surface area contributed by atoms with Gasteiger partial charge >= 0.3 is 0 Å². The topological polar surface area (TPSA) is 61.4 Å². The highest BCUT2D eigenvalue weighted by molar-refractivity contribution is 5.50. The summed E-state index contributed by atoms with van der Waals surface area (Å²) in [6, 6.07) is 14.0. The van der Waals surface area contributed by atoms with Crippen molar-refractivity contribution in [2.24, 2.45) is 0 Å². The molecule has 0 saturated carbocycles. The minimum atomic E-state index is -0.277. The maximum atomic E-state index is 14.0. The van der Waals surface area contributed by atoms with Crippen molar-refractivity contribution in [2.45, 2.75) is 6.54 Å². The number of benzene rings is 1. The predicted octanol–water partition coefficient (Wildman–Crippen LogP) is 2.71. The lowest BCUT2D eigenvalue weighted by Crippen LogP contribution is -2.07. The fraction of sp³-hybridized carbons (Fsp3) is 0.0588. The Bertz CT molecular complexity index is 946. The Morgan fingerprint density at radius 1 is 0.958 bits per heavy atom. The maximum absolute atomic E-state index is 14.0. The first-order valence-corrected chi connectivity index (χ1v) is 7.41. The van der Waals surface area contributed by atoms with Gasteiger partial charge in [0.05, 0.1) is 6.54 Å². The van der Waals surface area contributed by atoms with E-state index >= 15 is 0 Å². The first-order chi connectivity index (χ1) is 11.8. The molecule has 0 aliphatic heterocycles. The normalized spacial score (nSPS) is 10.9. The molecule has 0 atom stereocenters. The zero-order chi connectivity index (χ0) is 16.4. The second kappa shape index (κ2) is 6.04. The largest absolute Gasteiger partial charge is 0.270 e. The summed E-state index contributed by atoms with van der Waals surface area (Å²) >= 11 is 0. The van der Waals surface area contributed by atoms with Crippen molar-refractivity contribution in [3.05, 3.63) is 78.5 Å². The van der Waals surface area contributed by atoms with Crippen LogP contribution in [0.3, 0.4) is 0 Å². The lowest BCUT2D eigenvalue weighted by molar-refractivity contribution is 0.584. The van der Waals surface area contributed by atoms with Gasteiger partial charge in [-0.25, -0.2) is 13.8 Å². The third-order valence-electron chi connectivity index (χ3n) is 3.54. The molecule has 0 amide bonds. The van der Waals surface area contributed by atoms with Crippen LogP contribution in [0.2, 0.25) is 0 Å². The number of hydrogen-bond donors (Lipinski definition) is 0. The molecule has 0 saturated heterocycles. The van der Waals surface area contributed by atoms with E-state index in [-0.39, 0.29) is 12.4 Å². The van der Waals surface area contributed by atoms with Crippen molar-refractivity contribution in [1.29, 1.82) is 0 Å². The molecular formula is C17H13FN6. The highest BCUT2D eigenvalue weighted by Crippen LogP contribution is 2.18. The number of aromatic nitrogens is 6. The smallest absolute Gasteiger partial charge is 0.253 e. The molecule has 0 radical (unpaired) electrons. The molecule has 0 N–H and O–H groups in total. The third-order valence-corrected chi connectivity index (χ3v) is 3.54. The van der Waals surface area contributed by atoms with Crippen molar-refractivity contribution in [2.75, 3.05) is 0 Å². The lowest BCUT2D eigenvalue weighted by Gasteiger charge is -2.06. The van der Waals surface area contributed by atoms with Crippen LogP contribution >= 0.6 is 0 Å². The molecular weight excluding hydrogens is 307 g/mol. The molecule has 7 heteroatoms. The minimum absolute atomic E-state index is 0.257. The van der Waals surface area contributed by atoms with Gasteiger partial charge in [-0.2, -0.15) is 10.1 Å². The quantitative estimate of drug-likeness (QED) is 0.580. The second-order valence-corrected chi connectivity index (χ2v) is 5.15. The molecule has 0 aliphatic rings. The van der Waals surface area contributed by atoms with E-state index in [0.717, 1.165) is 0 Å². The summed E-state index contributed by atoms with van der Waals surface area (Å²) in [5, 5.41) is 8.61. The highest BCUT2D eigenvalue weighted by Gasteiger charge is 2.15. The monoisotopic (exact) mass is 320 g/mol. The molecule has 6 nitrogen and oxygen atoms in total. The van der Waals surface area contributed by atoms with E-state index in [0.29, 0.717) is 23.0 Å². The predicted molar refractivity (Wildman–Crippen MR) is 85.9 cm³/mol. The van der Waals surface area contributed by atoms with Crippen LogP contribution in [0.4, 0.5) is 4.39 Å². The molecule has 1 aromatic carbocycles. The van der Waals surface area contributed by atoms with Crippen molar-refractivity contribution in [3.63, 3.8) is 0 Å². The molecule has 0 spiro atoms. The van der Waals surface area contributed by atoms with Gasteiger partial charge in [-0.05, 0) is 24.3 Å². The van der Waals surface area contributed by atoms with Crippen LogP contribution in [-0.2, 0) is 6.54 Å². The van der Waals surface area contributed by atoms with Crippen LogP contribution in [0, 0.1) is 5.82 Å². The zero-order valence-corrected chi connectivity index (χ0v) is 12.6. The first kappa shape index (κ1) is 14.3. The fourth-order valence-electron chi connectivity index (χ4n) is 2.40. The van der Waals surface area contributed by atoms with Gasteiger partial charge in [0.1, 0.15) is 11.5 Å². The van der Waals surface area contributed by atoms with E-state index in [4.69, 9.17) is 0 Å². The van der Waals surface area contributed by atoms with Gasteiger partial charge in [-0.1, -0.05) is 24.3 Å². The van der Waals surface area contributed by atoms with Gasteiger partial charge in [0, 0.05) is 24.2 Å². The summed E-state index contributed by atoms with van der Waals surface area (Å²) in [5.41, 5.74) is 1.20. The van der Waals surface area contributed by atoms with E-state index in [1.807, 2.05) is 18.2 Å². The van der Waals surface area contributed by atoms with Crippen molar-refractivity contribution >= 4 is 0 Å². The van der Waals surface area contributed by atoms with Crippen LogP contribution in [0.1, 0.15) is 5.56 Å². The third kappa shape index (κ3) is 2.67. The van der Waals surface area contributed by atoms with Crippen LogP contribution in [0.15, 0.2) is 67.1 Å². The van der Waals surface area contributed by atoms with E-state index in [1.54, 1.807) is 52.2 Å². The molecule has 0 unspecified atom stereocenters. The van der Waals surface area contributed by atoms with Gasteiger partial charge in [0.2, 0.25) is 0 Å². The van der Waals surface area contributed by atoms with E-state index < -0.39 is 0 Å². The van der Waals surface area contributed by atoms with Gasteiger partial charge in [-0.15, -0.1) is 5.10 Å². The average Bonchev–Trinajstić information content (AvgIpc) is 3.27. The van der Waals surface area contributed by atoms with Crippen LogP contribution in [0.25, 0.3) is 17.5 Å². The van der Waals surface area contributed by atoms with E-state index in [2.05, 4.69) is 20.2 Å². The number of pyridine rings is 1. The van der Waals surface area contributed by atoms with Crippen molar-refractivity contribution < 1.29 is 4.39 Å². The minimum Gasteiger partial charge on any atom is -0.253 e. The molecule has 118 valence electrons. The van der Waals surface area contributed by atoms with Crippen molar-refractivity contribution in [1.82, 2.24) is 29.5 Å². The summed E-state index contributed by atoms with van der Waals surface area (Å²) in [7, 11) is 0. The Hall–Kier alpha value is -3.35. The summed E-state index contributed by atoms with van der Waals surface area (Å²) in [6.45, 7) is 0.257. The molecule has 24 heavy (non-hydrogen) atoms. The van der Waals surface area contributed by atoms with Gasteiger partial charge in [-0.3, -0.25) is 4.98 Å². The summed E-state index contributed by atoms with van der Waals surface area (Å²) in [4.78, 5) is 8.84. The summed E-state index contributed by atoms with van der Waals surface area (Å²) in [5.74, 6) is 0.696. The Morgan fingerprint density at radius 2 is 1.83 bits per heavy atom. The summed E-state index contributed by atoms with van der Waals surface area (Å²) in [6.07, 6.45) is 5.09. The van der Waals surface area contributed by atoms with Gasteiger partial charge in [0.15, 0.2) is 5.82 Å². The standard InChI is InChI=1S/C17H13FN6/c18-14-7-2-1-6-13(14)12-24-16(15-8-3-4-9-19-15)21-17(22-24)23-11-5-10-20-23/h1-11H,12H2. The Kier molecular flexibility index (Phi) is 3.59. The molecule has 3 aromatic heterocycles. The first-order valence-electron chi connectivity index (χ1n) is 7.41. The van der Waals surface area contributed by atoms with Gasteiger partial charge < -0.3 is 0 Å². The molecule has 0 fully saturated rings. The van der Waals surface area contributed by atoms with E-state index in [1.165, 1.54) is 6.07 Å². The molecule has 4 aromatic rings. The van der Waals surface area contributed by atoms with E-state index in [9.17, 15) is 4.39 Å². The van der Waals surface area contributed by atoms with Gasteiger partial charge in [0.25, 0.3) is 5.95 Å². The number of halogens is 1. The maximum Gasteiger partial charge on any atom is 0.270 e. The Balaban J connectivity index is 1.81. The van der Waals surface area contributed by atoms with Crippen LogP contribution in [-0.4, -0.2) is 29.5 Å². The van der Waals surface area contributed by atoms with Crippen molar-refractivity contribution in [3.8, 4) is 17.5 Å². The second-order valence-electron chi connectivity index (χ2n) is 5.15. The molecule has 0 aliphatic carbocycles. The lowest BCUT2D eigenvalue weighted by atomic mass is 10.2. The number of nitrogens with zero attached hydrogens (tertiary/aromatic N) is 6.